The lowest BCUT2D eigenvalue weighted by molar-refractivity contribution is 0.415. The van der Waals surface area contributed by atoms with Gasteiger partial charge >= 0.3 is 0 Å². The maximum Gasteiger partial charge on any atom is 0.119 e. The van der Waals surface area contributed by atoms with Crippen molar-refractivity contribution in [2.45, 2.75) is 18.9 Å². The highest BCUT2D eigenvalue weighted by Gasteiger charge is 2.12. The van der Waals surface area contributed by atoms with Gasteiger partial charge in [-0.25, -0.2) is 0 Å². The van der Waals surface area contributed by atoms with Crippen molar-refractivity contribution in [1.29, 1.82) is 0 Å². The van der Waals surface area contributed by atoms with Gasteiger partial charge < -0.3 is 10.1 Å². The summed E-state index contributed by atoms with van der Waals surface area (Å²) in [5.74, 6) is 0.859. The van der Waals surface area contributed by atoms with Crippen molar-refractivity contribution in [2.24, 2.45) is 0 Å². The van der Waals surface area contributed by atoms with E-state index in [-0.39, 0.29) is 6.04 Å². The zero-order valence-corrected chi connectivity index (χ0v) is 15.0. The van der Waals surface area contributed by atoms with Crippen LogP contribution in [0.15, 0.2) is 78.9 Å². The molecule has 0 fully saturated rings. The summed E-state index contributed by atoms with van der Waals surface area (Å²) in [5.41, 5.74) is 3.53. The van der Waals surface area contributed by atoms with Crippen LogP contribution in [0.2, 0.25) is 5.02 Å². The number of anilines is 1. The Morgan fingerprint density at radius 2 is 1.56 bits per heavy atom. The van der Waals surface area contributed by atoms with Crippen molar-refractivity contribution < 1.29 is 4.74 Å². The molecule has 0 saturated carbocycles. The number of hydrogen-bond acceptors (Lipinski definition) is 2. The van der Waals surface area contributed by atoms with E-state index in [1.807, 2.05) is 48.5 Å². The summed E-state index contributed by atoms with van der Waals surface area (Å²) in [7, 11) is 1.68. The summed E-state index contributed by atoms with van der Waals surface area (Å²) in [5, 5.41) is 4.47. The van der Waals surface area contributed by atoms with Crippen molar-refractivity contribution >= 4 is 17.3 Å². The van der Waals surface area contributed by atoms with Gasteiger partial charge in [0.25, 0.3) is 0 Å². The van der Waals surface area contributed by atoms with Crippen molar-refractivity contribution in [3.05, 3.63) is 95.0 Å². The number of aryl methyl sites for hydroxylation is 1. The smallest absolute Gasteiger partial charge is 0.119 e. The summed E-state index contributed by atoms with van der Waals surface area (Å²) in [6.45, 7) is 0. The number of rotatable bonds is 7. The molecular formula is C22H22ClNO. The van der Waals surface area contributed by atoms with E-state index in [0.717, 1.165) is 29.3 Å². The Labute approximate surface area is 154 Å². The van der Waals surface area contributed by atoms with Gasteiger partial charge in [0.15, 0.2) is 0 Å². The third kappa shape index (κ3) is 4.77. The molecule has 0 radical (unpaired) electrons. The van der Waals surface area contributed by atoms with Gasteiger partial charge in [-0.1, -0.05) is 60.1 Å². The Kier molecular flexibility index (Phi) is 5.97. The average Bonchev–Trinajstić information content (AvgIpc) is 2.67. The van der Waals surface area contributed by atoms with E-state index >= 15 is 0 Å². The quantitative estimate of drug-likeness (QED) is 0.552. The minimum absolute atomic E-state index is 0.214. The third-order valence-electron chi connectivity index (χ3n) is 4.29. The summed E-state index contributed by atoms with van der Waals surface area (Å²) < 4.78 is 5.23. The van der Waals surface area contributed by atoms with E-state index in [2.05, 4.69) is 35.6 Å². The minimum Gasteiger partial charge on any atom is -0.497 e. The molecule has 0 aliphatic heterocycles. The third-order valence-corrected chi connectivity index (χ3v) is 4.66. The molecule has 0 heterocycles. The minimum atomic E-state index is 0.214. The first-order valence-corrected chi connectivity index (χ1v) is 8.83. The fraction of sp³-hybridized carbons (Fsp3) is 0.182. The van der Waals surface area contributed by atoms with E-state index in [9.17, 15) is 0 Å². The molecule has 1 N–H and O–H groups in total. The lowest BCUT2D eigenvalue weighted by Gasteiger charge is -2.21. The van der Waals surface area contributed by atoms with Gasteiger partial charge in [0.05, 0.1) is 13.2 Å². The Bertz CT molecular complexity index is 787. The first-order valence-electron chi connectivity index (χ1n) is 8.45. The first kappa shape index (κ1) is 17.4. The van der Waals surface area contributed by atoms with Gasteiger partial charge in [0, 0.05) is 10.7 Å². The van der Waals surface area contributed by atoms with Crippen LogP contribution in [0.4, 0.5) is 5.69 Å². The molecule has 3 heteroatoms. The van der Waals surface area contributed by atoms with E-state index < -0.39 is 0 Å². The van der Waals surface area contributed by atoms with Crippen LogP contribution in [0.5, 0.6) is 5.75 Å². The van der Waals surface area contributed by atoms with E-state index in [1.54, 1.807) is 7.11 Å². The fourth-order valence-corrected chi connectivity index (χ4v) is 3.13. The monoisotopic (exact) mass is 351 g/mol. The predicted octanol–water partition coefficient (Wildman–Crippen LogP) is 6.13. The molecule has 2 nitrogen and oxygen atoms in total. The van der Waals surface area contributed by atoms with Crippen molar-refractivity contribution in [3.8, 4) is 5.75 Å². The van der Waals surface area contributed by atoms with Gasteiger partial charge in [-0.3, -0.25) is 0 Å². The lowest BCUT2D eigenvalue weighted by atomic mass is 9.98. The highest BCUT2D eigenvalue weighted by Crippen LogP contribution is 2.27. The van der Waals surface area contributed by atoms with Crippen LogP contribution in [0.3, 0.4) is 0 Å². The molecule has 3 aromatic carbocycles. The molecule has 0 aromatic heterocycles. The van der Waals surface area contributed by atoms with Crippen molar-refractivity contribution in [3.63, 3.8) is 0 Å². The van der Waals surface area contributed by atoms with Gasteiger partial charge in [-0.15, -0.1) is 0 Å². The van der Waals surface area contributed by atoms with Crippen LogP contribution in [-0.2, 0) is 6.42 Å². The van der Waals surface area contributed by atoms with Crippen LogP contribution >= 0.6 is 11.6 Å². The zero-order chi connectivity index (χ0) is 17.5. The second-order valence-corrected chi connectivity index (χ2v) is 6.37. The van der Waals surface area contributed by atoms with Gasteiger partial charge in [0.2, 0.25) is 0 Å². The molecule has 25 heavy (non-hydrogen) atoms. The zero-order valence-electron chi connectivity index (χ0n) is 14.3. The maximum absolute atomic E-state index is 6.31. The molecule has 0 saturated heterocycles. The molecule has 3 aromatic rings. The van der Waals surface area contributed by atoms with Gasteiger partial charge in [-0.2, -0.15) is 0 Å². The van der Waals surface area contributed by atoms with Crippen LogP contribution in [-0.4, -0.2) is 7.11 Å². The highest BCUT2D eigenvalue weighted by atomic mass is 35.5. The van der Waals surface area contributed by atoms with Crippen molar-refractivity contribution in [2.75, 3.05) is 12.4 Å². The summed E-state index contributed by atoms with van der Waals surface area (Å²) in [6.07, 6.45) is 1.88. The van der Waals surface area contributed by atoms with E-state index in [4.69, 9.17) is 16.3 Å². The highest BCUT2D eigenvalue weighted by molar-refractivity contribution is 6.31. The van der Waals surface area contributed by atoms with Gasteiger partial charge in [-0.05, 0) is 54.3 Å². The first-order chi connectivity index (χ1) is 12.3. The number of benzene rings is 3. The second-order valence-electron chi connectivity index (χ2n) is 5.97. The molecule has 0 aliphatic rings. The fourth-order valence-electron chi connectivity index (χ4n) is 2.90. The van der Waals surface area contributed by atoms with E-state index in [0.29, 0.717) is 0 Å². The SMILES string of the molecule is COc1ccc(NC(CCc2ccccc2Cl)c2ccccc2)cc1. The largest absolute Gasteiger partial charge is 0.497 e. The molecule has 0 aliphatic carbocycles. The van der Waals surface area contributed by atoms with Crippen LogP contribution in [0.1, 0.15) is 23.6 Å². The molecule has 1 atom stereocenters. The summed E-state index contributed by atoms with van der Waals surface area (Å²) in [6, 6.07) is 26.8. The van der Waals surface area contributed by atoms with Crippen molar-refractivity contribution in [1.82, 2.24) is 0 Å². The normalized spacial score (nSPS) is 11.8. The van der Waals surface area contributed by atoms with Crippen LogP contribution in [0, 0.1) is 0 Å². The van der Waals surface area contributed by atoms with Crippen LogP contribution in [0.25, 0.3) is 0 Å². The molecule has 0 spiro atoms. The Hall–Kier alpha value is -2.45. The summed E-state index contributed by atoms with van der Waals surface area (Å²) in [4.78, 5) is 0. The average molecular weight is 352 g/mol. The number of halogens is 1. The maximum atomic E-state index is 6.31. The molecule has 3 rings (SSSR count). The Balaban J connectivity index is 1.76. The topological polar surface area (TPSA) is 21.3 Å². The molecule has 1 unspecified atom stereocenters. The molecular weight excluding hydrogens is 330 g/mol. The Morgan fingerprint density at radius 3 is 2.24 bits per heavy atom. The number of ether oxygens (including phenoxy) is 1. The number of methoxy groups -OCH3 is 1. The summed E-state index contributed by atoms with van der Waals surface area (Å²) >= 11 is 6.31. The Morgan fingerprint density at radius 1 is 0.880 bits per heavy atom. The molecule has 0 amide bonds. The molecule has 128 valence electrons. The number of hydrogen-bond donors (Lipinski definition) is 1. The standard InChI is InChI=1S/C22H22ClNO/c1-25-20-14-12-19(13-15-20)24-22(18-8-3-2-4-9-18)16-11-17-7-5-6-10-21(17)23/h2-10,12-15,22,24H,11,16H2,1H3. The second kappa shape index (κ2) is 8.59. The van der Waals surface area contributed by atoms with Crippen LogP contribution < -0.4 is 10.1 Å². The van der Waals surface area contributed by atoms with Gasteiger partial charge in [0.1, 0.15) is 5.75 Å². The number of nitrogens with one attached hydrogen (secondary N) is 1. The van der Waals surface area contributed by atoms with E-state index in [1.165, 1.54) is 11.1 Å². The lowest BCUT2D eigenvalue weighted by Crippen LogP contribution is -2.12. The molecule has 0 bridgehead atoms. The predicted molar refractivity (Wildman–Crippen MR) is 106 cm³/mol.